The quantitative estimate of drug-likeness (QED) is 0.894. The maximum absolute atomic E-state index is 12.4. The normalized spacial score (nSPS) is 21.7. The molecule has 0 spiro atoms. The van der Waals surface area contributed by atoms with Crippen LogP contribution in [-0.2, 0) is 10.2 Å². The van der Waals surface area contributed by atoms with E-state index in [1.165, 1.54) is 18.4 Å². The largest absolute Gasteiger partial charge is 0.355 e. The van der Waals surface area contributed by atoms with Crippen LogP contribution in [0, 0.1) is 5.92 Å². The van der Waals surface area contributed by atoms with E-state index in [0.717, 1.165) is 50.3 Å². The minimum atomic E-state index is 0.104. The van der Waals surface area contributed by atoms with Gasteiger partial charge in [0.1, 0.15) is 0 Å². The number of benzene rings is 1. The van der Waals surface area contributed by atoms with Gasteiger partial charge in [-0.1, -0.05) is 36.6 Å². The number of carbonyl (C=O) groups excluding carboxylic acids is 1. The third-order valence-electron chi connectivity index (χ3n) is 5.33. The molecule has 22 heavy (non-hydrogen) atoms. The first-order chi connectivity index (χ1) is 10.7. The molecule has 0 atom stereocenters. The third kappa shape index (κ3) is 3.47. The van der Waals surface area contributed by atoms with Gasteiger partial charge in [0.15, 0.2) is 0 Å². The van der Waals surface area contributed by atoms with Gasteiger partial charge in [0.25, 0.3) is 0 Å². The maximum atomic E-state index is 12.4. The van der Waals surface area contributed by atoms with Gasteiger partial charge >= 0.3 is 0 Å². The van der Waals surface area contributed by atoms with Crippen LogP contribution >= 0.6 is 11.6 Å². The van der Waals surface area contributed by atoms with Crippen LogP contribution in [0.4, 0.5) is 0 Å². The summed E-state index contributed by atoms with van der Waals surface area (Å²) in [6.45, 7) is 2.68. The van der Waals surface area contributed by atoms with Gasteiger partial charge < -0.3 is 10.6 Å². The molecule has 0 bridgehead atoms. The SMILES string of the molecule is O=C(NCC1(c2ccc(Cl)cc2)CCCC1)C1CCNCC1. The fraction of sp³-hybridized carbons (Fsp3) is 0.611. The van der Waals surface area contributed by atoms with E-state index in [0.29, 0.717) is 0 Å². The summed E-state index contributed by atoms with van der Waals surface area (Å²) >= 11 is 6.02. The number of halogens is 1. The highest BCUT2D eigenvalue weighted by atomic mass is 35.5. The van der Waals surface area contributed by atoms with Crippen molar-refractivity contribution in [3.05, 3.63) is 34.9 Å². The van der Waals surface area contributed by atoms with E-state index < -0.39 is 0 Å². The fourth-order valence-electron chi connectivity index (χ4n) is 3.91. The van der Waals surface area contributed by atoms with E-state index in [9.17, 15) is 4.79 Å². The average molecular weight is 321 g/mol. The number of amides is 1. The van der Waals surface area contributed by atoms with E-state index in [4.69, 9.17) is 11.6 Å². The number of rotatable bonds is 4. The molecule has 1 heterocycles. The van der Waals surface area contributed by atoms with Crippen molar-refractivity contribution in [1.82, 2.24) is 10.6 Å². The van der Waals surface area contributed by atoms with Crippen LogP contribution in [0.1, 0.15) is 44.1 Å². The Labute approximate surface area is 137 Å². The topological polar surface area (TPSA) is 41.1 Å². The van der Waals surface area contributed by atoms with Gasteiger partial charge in [-0.25, -0.2) is 0 Å². The lowest BCUT2D eigenvalue weighted by Gasteiger charge is -2.31. The lowest BCUT2D eigenvalue weighted by molar-refractivity contribution is -0.126. The maximum Gasteiger partial charge on any atom is 0.223 e. The highest BCUT2D eigenvalue weighted by Gasteiger charge is 2.36. The Bertz CT molecular complexity index is 502. The van der Waals surface area contributed by atoms with Gasteiger partial charge in [-0.3, -0.25) is 4.79 Å². The second-order valence-electron chi connectivity index (χ2n) is 6.74. The molecule has 1 saturated heterocycles. The Morgan fingerprint density at radius 3 is 2.45 bits per heavy atom. The van der Waals surface area contributed by atoms with Crippen LogP contribution in [-0.4, -0.2) is 25.5 Å². The van der Waals surface area contributed by atoms with E-state index >= 15 is 0 Å². The minimum Gasteiger partial charge on any atom is -0.355 e. The van der Waals surface area contributed by atoms with Crippen molar-refractivity contribution in [2.45, 2.75) is 43.9 Å². The first kappa shape index (κ1) is 15.8. The molecule has 1 saturated carbocycles. The molecule has 2 fully saturated rings. The molecule has 3 rings (SSSR count). The molecule has 2 N–H and O–H groups in total. The van der Waals surface area contributed by atoms with Crippen LogP contribution in [0.15, 0.2) is 24.3 Å². The van der Waals surface area contributed by atoms with Crippen molar-refractivity contribution in [1.29, 1.82) is 0 Å². The first-order valence-electron chi connectivity index (χ1n) is 8.44. The highest BCUT2D eigenvalue weighted by molar-refractivity contribution is 6.30. The predicted molar refractivity (Wildman–Crippen MR) is 90.2 cm³/mol. The standard InChI is InChI=1S/C18H25ClN2O/c19-16-5-3-15(4-6-16)18(9-1-2-10-18)13-21-17(22)14-7-11-20-12-8-14/h3-6,14,20H,1-2,7-13H2,(H,21,22). The molecule has 2 aliphatic rings. The zero-order valence-electron chi connectivity index (χ0n) is 13.0. The lowest BCUT2D eigenvalue weighted by Crippen LogP contribution is -2.43. The van der Waals surface area contributed by atoms with E-state index in [1.807, 2.05) is 12.1 Å². The fourth-order valence-corrected chi connectivity index (χ4v) is 4.03. The predicted octanol–water partition coefficient (Wildman–Crippen LogP) is 3.27. The van der Waals surface area contributed by atoms with E-state index in [2.05, 4.69) is 22.8 Å². The summed E-state index contributed by atoms with van der Waals surface area (Å²) in [6.07, 6.45) is 6.71. The Morgan fingerprint density at radius 1 is 1.18 bits per heavy atom. The second-order valence-corrected chi connectivity index (χ2v) is 7.17. The monoisotopic (exact) mass is 320 g/mol. The van der Waals surface area contributed by atoms with Crippen molar-refractivity contribution >= 4 is 17.5 Å². The summed E-state index contributed by atoms with van der Waals surface area (Å²) in [5.74, 6) is 0.423. The van der Waals surface area contributed by atoms with Crippen LogP contribution in [0.25, 0.3) is 0 Å². The molecule has 120 valence electrons. The van der Waals surface area contributed by atoms with Crippen molar-refractivity contribution in [2.75, 3.05) is 19.6 Å². The van der Waals surface area contributed by atoms with E-state index in [1.54, 1.807) is 0 Å². The van der Waals surface area contributed by atoms with Gasteiger partial charge in [-0.05, 0) is 56.5 Å². The Hall–Kier alpha value is -1.06. The summed E-state index contributed by atoms with van der Waals surface area (Å²) in [5, 5.41) is 7.34. The Morgan fingerprint density at radius 2 is 1.82 bits per heavy atom. The van der Waals surface area contributed by atoms with Crippen molar-refractivity contribution < 1.29 is 4.79 Å². The molecule has 1 aliphatic carbocycles. The molecule has 1 amide bonds. The highest BCUT2D eigenvalue weighted by Crippen LogP contribution is 2.41. The average Bonchev–Trinajstić information content (AvgIpc) is 3.04. The second kappa shape index (κ2) is 7.01. The molecule has 0 radical (unpaired) electrons. The lowest BCUT2D eigenvalue weighted by atomic mass is 9.78. The van der Waals surface area contributed by atoms with Gasteiger partial charge in [0.05, 0.1) is 0 Å². The van der Waals surface area contributed by atoms with Gasteiger partial charge in [-0.15, -0.1) is 0 Å². The number of piperidine rings is 1. The molecule has 4 heteroatoms. The summed E-state index contributed by atoms with van der Waals surface area (Å²) in [7, 11) is 0. The molecular formula is C18H25ClN2O. The summed E-state index contributed by atoms with van der Waals surface area (Å²) < 4.78 is 0. The van der Waals surface area contributed by atoms with Crippen LogP contribution in [0.5, 0.6) is 0 Å². The van der Waals surface area contributed by atoms with Crippen LogP contribution in [0.2, 0.25) is 5.02 Å². The number of hydrogen-bond acceptors (Lipinski definition) is 2. The van der Waals surface area contributed by atoms with Gasteiger partial charge in [-0.2, -0.15) is 0 Å². The molecule has 1 aromatic carbocycles. The first-order valence-corrected chi connectivity index (χ1v) is 8.82. The van der Waals surface area contributed by atoms with E-state index in [-0.39, 0.29) is 17.2 Å². The Balaban J connectivity index is 1.66. The molecule has 1 aliphatic heterocycles. The molecule has 3 nitrogen and oxygen atoms in total. The molecule has 0 unspecified atom stereocenters. The summed E-state index contributed by atoms with van der Waals surface area (Å²) in [4.78, 5) is 12.4. The molecule has 0 aromatic heterocycles. The number of nitrogens with one attached hydrogen (secondary N) is 2. The van der Waals surface area contributed by atoms with Gasteiger partial charge in [0, 0.05) is 22.9 Å². The Kier molecular flexibility index (Phi) is 5.04. The molecule has 1 aromatic rings. The zero-order chi connectivity index (χ0) is 15.4. The third-order valence-corrected chi connectivity index (χ3v) is 5.58. The molecular weight excluding hydrogens is 296 g/mol. The van der Waals surface area contributed by atoms with Gasteiger partial charge in [0.2, 0.25) is 5.91 Å². The number of carbonyl (C=O) groups is 1. The summed E-state index contributed by atoms with van der Waals surface area (Å²) in [6, 6.07) is 8.19. The van der Waals surface area contributed by atoms with Crippen LogP contribution < -0.4 is 10.6 Å². The smallest absolute Gasteiger partial charge is 0.223 e. The minimum absolute atomic E-state index is 0.104. The van der Waals surface area contributed by atoms with Crippen LogP contribution in [0.3, 0.4) is 0 Å². The van der Waals surface area contributed by atoms with Crippen molar-refractivity contribution in [3.63, 3.8) is 0 Å². The van der Waals surface area contributed by atoms with Crippen molar-refractivity contribution in [2.24, 2.45) is 5.92 Å². The zero-order valence-corrected chi connectivity index (χ0v) is 13.8. The summed E-state index contributed by atoms with van der Waals surface area (Å²) in [5.41, 5.74) is 1.42. The number of hydrogen-bond donors (Lipinski definition) is 2. The van der Waals surface area contributed by atoms with Crippen molar-refractivity contribution in [3.8, 4) is 0 Å².